The summed E-state index contributed by atoms with van der Waals surface area (Å²) in [5.41, 5.74) is 0.707. The first kappa shape index (κ1) is 14.5. The van der Waals surface area contributed by atoms with Crippen molar-refractivity contribution in [3.05, 3.63) is 29.8 Å². The zero-order valence-electron chi connectivity index (χ0n) is 11.2. The molecule has 0 amide bonds. The summed E-state index contributed by atoms with van der Waals surface area (Å²) in [7, 11) is -3.44. The van der Waals surface area contributed by atoms with Crippen molar-refractivity contribution >= 4 is 10.0 Å². The maximum Gasteiger partial charge on any atom is 0.241 e. The summed E-state index contributed by atoms with van der Waals surface area (Å²) in [5, 5.41) is 8.84. The van der Waals surface area contributed by atoms with Crippen LogP contribution in [0.25, 0.3) is 0 Å². The van der Waals surface area contributed by atoms with Crippen LogP contribution in [-0.2, 0) is 16.4 Å². The highest BCUT2D eigenvalue weighted by atomic mass is 32.2. The van der Waals surface area contributed by atoms with Gasteiger partial charge in [-0.05, 0) is 49.8 Å². The van der Waals surface area contributed by atoms with Gasteiger partial charge in [-0.2, -0.15) is 0 Å². The zero-order chi connectivity index (χ0) is 13.9. The van der Waals surface area contributed by atoms with E-state index in [4.69, 9.17) is 5.11 Å². The van der Waals surface area contributed by atoms with Gasteiger partial charge < -0.3 is 5.11 Å². The van der Waals surface area contributed by atoms with Crippen molar-refractivity contribution < 1.29 is 13.5 Å². The normalized spacial score (nSPS) is 18.0. The fourth-order valence-electron chi connectivity index (χ4n) is 2.44. The minimum absolute atomic E-state index is 0.0727. The first-order valence-corrected chi connectivity index (χ1v) is 8.23. The number of benzene rings is 1. The molecule has 1 saturated carbocycles. The summed E-state index contributed by atoms with van der Waals surface area (Å²) in [4.78, 5) is 0.300. The predicted octanol–water partition coefficient (Wildman–Crippen LogP) is 1.83. The van der Waals surface area contributed by atoms with Gasteiger partial charge in [0.1, 0.15) is 0 Å². The van der Waals surface area contributed by atoms with Crippen molar-refractivity contribution in [1.29, 1.82) is 0 Å². The number of hydrogen-bond donors (Lipinski definition) is 2. The molecule has 1 fully saturated rings. The highest BCUT2D eigenvalue weighted by Gasteiger charge is 2.38. The molecule has 5 heteroatoms. The Balaban J connectivity index is 2.15. The molecule has 2 N–H and O–H groups in total. The molecule has 0 spiro atoms. The summed E-state index contributed by atoms with van der Waals surface area (Å²) >= 11 is 0. The van der Waals surface area contributed by atoms with Crippen molar-refractivity contribution in [2.45, 2.75) is 49.5 Å². The monoisotopic (exact) mass is 283 g/mol. The van der Waals surface area contributed by atoms with E-state index in [-0.39, 0.29) is 12.1 Å². The molecule has 0 aromatic heterocycles. The second-order valence-corrected chi connectivity index (χ2v) is 6.89. The fraction of sp³-hybridized carbons (Fsp3) is 0.571. The van der Waals surface area contributed by atoms with E-state index in [0.29, 0.717) is 11.3 Å². The van der Waals surface area contributed by atoms with Crippen molar-refractivity contribution in [3.63, 3.8) is 0 Å². The number of aliphatic hydroxyl groups excluding tert-OH is 1. The van der Waals surface area contributed by atoms with Crippen LogP contribution in [0.3, 0.4) is 0 Å². The van der Waals surface area contributed by atoms with Crippen LogP contribution in [0.5, 0.6) is 0 Å². The van der Waals surface area contributed by atoms with Gasteiger partial charge in [-0.25, -0.2) is 13.1 Å². The molecule has 0 atom stereocenters. The Labute approximate surface area is 114 Å². The van der Waals surface area contributed by atoms with E-state index in [9.17, 15) is 8.42 Å². The summed E-state index contributed by atoms with van der Waals surface area (Å²) in [6.45, 7) is 2.09. The lowest BCUT2D eigenvalue weighted by Crippen LogP contribution is -2.52. The van der Waals surface area contributed by atoms with E-state index in [1.165, 1.54) is 0 Å². The van der Waals surface area contributed by atoms with Crippen LogP contribution in [0.2, 0.25) is 0 Å². The Morgan fingerprint density at radius 2 is 1.89 bits per heavy atom. The SMILES string of the molecule is CCC1(NS(=O)(=O)c2ccc(CCO)cc2)CCC1. The van der Waals surface area contributed by atoms with Gasteiger partial charge in [-0.15, -0.1) is 0 Å². The first-order valence-electron chi connectivity index (χ1n) is 6.75. The number of sulfonamides is 1. The molecule has 0 saturated heterocycles. The van der Waals surface area contributed by atoms with Crippen molar-refractivity contribution in [1.82, 2.24) is 4.72 Å². The molecule has 0 aliphatic heterocycles. The van der Waals surface area contributed by atoms with E-state index >= 15 is 0 Å². The molecule has 19 heavy (non-hydrogen) atoms. The van der Waals surface area contributed by atoms with Gasteiger partial charge in [-0.3, -0.25) is 0 Å². The summed E-state index contributed by atoms with van der Waals surface area (Å²) < 4.78 is 27.5. The average molecular weight is 283 g/mol. The lowest BCUT2D eigenvalue weighted by Gasteiger charge is -2.41. The first-order chi connectivity index (χ1) is 9.01. The Kier molecular flexibility index (Phi) is 4.28. The second kappa shape index (κ2) is 5.61. The van der Waals surface area contributed by atoms with Crippen LogP contribution in [0.4, 0.5) is 0 Å². The average Bonchev–Trinajstić information content (AvgIpc) is 2.35. The maximum atomic E-state index is 12.3. The predicted molar refractivity (Wildman–Crippen MR) is 74.4 cm³/mol. The summed E-state index contributed by atoms with van der Waals surface area (Å²) in [6, 6.07) is 6.72. The second-order valence-electron chi connectivity index (χ2n) is 5.21. The van der Waals surface area contributed by atoms with Crippen LogP contribution >= 0.6 is 0 Å². The van der Waals surface area contributed by atoms with E-state index in [1.807, 2.05) is 6.92 Å². The van der Waals surface area contributed by atoms with Crippen molar-refractivity contribution in [2.24, 2.45) is 0 Å². The topological polar surface area (TPSA) is 66.4 Å². The Bertz CT molecular complexity index is 513. The standard InChI is InChI=1S/C14H21NO3S/c1-2-14(9-3-10-14)15-19(17,18)13-6-4-12(5-7-13)8-11-16/h4-7,15-16H,2-3,8-11H2,1H3. The fourth-order valence-corrected chi connectivity index (χ4v) is 3.97. The number of hydrogen-bond acceptors (Lipinski definition) is 3. The molecule has 1 aliphatic carbocycles. The molecule has 106 valence electrons. The van der Waals surface area contributed by atoms with Gasteiger partial charge >= 0.3 is 0 Å². The molecule has 0 bridgehead atoms. The third-order valence-corrected chi connectivity index (χ3v) is 5.57. The highest BCUT2D eigenvalue weighted by molar-refractivity contribution is 7.89. The largest absolute Gasteiger partial charge is 0.396 e. The lowest BCUT2D eigenvalue weighted by molar-refractivity contribution is 0.214. The molecule has 2 rings (SSSR count). The number of rotatable bonds is 6. The van der Waals surface area contributed by atoms with E-state index in [0.717, 1.165) is 31.2 Å². The third-order valence-electron chi connectivity index (χ3n) is 3.97. The quantitative estimate of drug-likeness (QED) is 0.837. The van der Waals surface area contributed by atoms with Gasteiger partial charge in [0.25, 0.3) is 0 Å². The zero-order valence-corrected chi connectivity index (χ0v) is 12.0. The number of nitrogens with one attached hydrogen (secondary N) is 1. The van der Waals surface area contributed by atoms with Crippen LogP contribution in [-0.4, -0.2) is 25.7 Å². The maximum absolute atomic E-state index is 12.3. The smallest absolute Gasteiger partial charge is 0.241 e. The molecule has 1 aromatic rings. The van der Waals surface area contributed by atoms with Gasteiger partial charge in [0, 0.05) is 12.1 Å². The van der Waals surface area contributed by atoms with Gasteiger partial charge in [0.15, 0.2) is 0 Å². The van der Waals surface area contributed by atoms with Crippen LogP contribution < -0.4 is 4.72 Å². The van der Waals surface area contributed by atoms with E-state index < -0.39 is 10.0 Å². The molecule has 0 heterocycles. The van der Waals surface area contributed by atoms with E-state index in [2.05, 4.69) is 4.72 Å². The molecule has 4 nitrogen and oxygen atoms in total. The summed E-state index contributed by atoms with van der Waals surface area (Å²) in [6.07, 6.45) is 4.31. The van der Waals surface area contributed by atoms with Crippen molar-refractivity contribution in [2.75, 3.05) is 6.61 Å². The lowest BCUT2D eigenvalue weighted by atomic mass is 9.76. The van der Waals surface area contributed by atoms with Crippen LogP contribution in [0, 0.1) is 0 Å². The Hall–Kier alpha value is -0.910. The molecule has 1 aromatic carbocycles. The molecular formula is C14H21NO3S. The third kappa shape index (κ3) is 3.16. The van der Waals surface area contributed by atoms with Gasteiger partial charge in [0.05, 0.1) is 4.90 Å². The summed E-state index contributed by atoms with van der Waals surface area (Å²) in [5.74, 6) is 0. The van der Waals surface area contributed by atoms with Crippen LogP contribution in [0.1, 0.15) is 38.2 Å². The molecule has 0 unspecified atom stereocenters. The van der Waals surface area contributed by atoms with Crippen molar-refractivity contribution in [3.8, 4) is 0 Å². The molecular weight excluding hydrogens is 262 g/mol. The number of aliphatic hydroxyl groups is 1. The van der Waals surface area contributed by atoms with Crippen LogP contribution in [0.15, 0.2) is 29.2 Å². The molecule has 1 aliphatic rings. The van der Waals surface area contributed by atoms with Gasteiger partial charge in [0.2, 0.25) is 10.0 Å². The minimum Gasteiger partial charge on any atom is -0.396 e. The Morgan fingerprint density at radius 3 is 2.32 bits per heavy atom. The van der Waals surface area contributed by atoms with Gasteiger partial charge in [-0.1, -0.05) is 19.1 Å². The van der Waals surface area contributed by atoms with E-state index in [1.54, 1.807) is 24.3 Å². The minimum atomic E-state index is -3.44. The Morgan fingerprint density at radius 1 is 1.26 bits per heavy atom. The molecule has 0 radical (unpaired) electrons. The highest BCUT2D eigenvalue weighted by Crippen LogP contribution is 2.36.